The van der Waals surface area contributed by atoms with Gasteiger partial charge < -0.3 is 11.1 Å². The van der Waals surface area contributed by atoms with Crippen LogP contribution in [0, 0.1) is 5.92 Å². The lowest BCUT2D eigenvalue weighted by atomic mass is 9.84. The van der Waals surface area contributed by atoms with E-state index in [2.05, 4.69) is 5.32 Å². The molecule has 1 fully saturated rings. The molecule has 120 valence electrons. The predicted octanol–water partition coefficient (Wildman–Crippen LogP) is 2.94. The number of hydrogen-bond donors (Lipinski definition) is 2. The lowest BCUT2D eigenvalue weighted by molar-refractivity contribution is -0.122. The molecule has 2 atom stereocenters. The maximum Gasteiger partial charge on any atom is 0.220 e. The van der Waals surface area contributed by atoms with Gasteiger partial charge in [0.25, 0.3) is 0 Å². The Bertz CT molecular complexity index is 516. The number of amides is 1. The van der Waals surface area contributed by atoms with Crippen LogP contribution in [0.15, 0.2) is 24.3 Å². The smallest absolute Gasteiger partial charge is 0.220 e. The second-order valence-corrected chi connectivity index (χ2v) is 6.32. The van der Waals surface area contributed by atoms with E-state index >= 15 is 0 Å². The molecule has 1 aromatic carbocycles. The summed E-state index contributed by atoms with van der Waals surface area (Å²) in [5.74, 6) is 0.267. The topological polar surface area (TPSA) is 72.2 Å². The van der Waals surface area contributed by atoms with Crippen molar-refractivity contribution in [3.63, 3.8) is 0 Å². The molecule has 0 spiro atoms. The molecule has 1 aliphatic rings. The molecule has 22 heavy (non-hydrogen) atoms. The van der Waals surface area contributed by atoms with Crippen molar-refractivity contribution < 1.29 is 9.59 Å². The lowest BCUT2D eigenvalue weighted by Gasteiger charge is -2.31. The molecule has 0 aliphatic heterocycles. The number of rotatable bonds is 6. The number of nitrogens with one attached hydrogen (secondary N) is 1. The van der Waals surface area contributed by atoms with Crippen LogP contribution in [0.2, 0.25) is 5.02 Å². The van der Waals surface area contributed by atoms with E-state index in [0.717, 1.165) is 19.3 Å². The van der Waals surface area contributed by atoms with Gasteiger partial charge in [-0.1, -0.05) is 24.4 Å². The Morgan fingerprint density at radius 2 is 1.82 bits per heavy atom. The Balaban J connectivity index is 1.79. The molecule has 0 aromatic heterocycles. The normalized spacial score (nSPS) is 21.4. The quantitative estimate of drug-likeness (QED) is 0.791. The van der Waals surface area contributed by atoms with Gasteiger partial charge in [0.05, 0.1) is 0 Å². The number of Topliss-reactive ketones (excluding diaryl/α,β-unsaturated/α-hetero) is 1. The Morgan fingerprint density at radius 3 is 2.50 bits per heavy atom. The summed E-state index contributed by atoms with van der Waals surface area (Å²) in [5.41, 5.74) is 6.36. The fraction of sp³-hybridized carbons (Fsp3) is 0.529. The molecule has 1 aliphatic carbocycles. The predicted molar refractivity (Wildman–Crippen MR) is 88.0 cm³/mol. The van der Waals surface area contributed by atoms with Gasteiger partial charge >= 0.3 is 0 Å². The minimum Gasteiger partial charge on any atom is -0.353 e. The second-order valence-electron chi connectivity index (χ2n) is 5.88. The zero-order valence-corrected chi connectivity index (χ0v) is 13.4. The molecular weight excluding hydrogens is 300 g/mol. The largest absolute Gasteiger partial charge is 0.353 e. The molecule has 0 radical (unpaired) electrons. The molecule has 5 heteroatoms. The van der Waals surface area contributed by atoms with E-state index in [9.17, 15) is 9.59 Å². The summed E-state index contributed by atoms with van der Waals surface area (Å²) in [6, 6.07) is 6.91. The summed E-state index contributed by atoms with van der Waals surface area (Å²) < 4.78 is 0. The Hall–Kier alpha value is -1.39. The van der Waals surface area contributed by atoms with Gasteiger partial charge in [-0.05, 0) is 49.6 Å². The van der Waals surface area contributed by atoms with E-state index in [1.54, 1.807) is 24.3 Å². The molecule has 0 bridgehead atoms. The van der Waals surface area contributed by atoms with Crippen LogP contribution in [0.5, 0.6) is 0 Å². The number of ketones is 1. The van der Waals surface area contributed by atoms with Crippen LogP contribution >= 0.6 is 11.6 Å². The van der Waals surface area contributed by atoms with Gasteiger partial charge in [-0.15, -0.1) is 0 Å². The Kier molecular flexibility index (Phi) is 6.40. The van der Waals surface area contributed by atoms with Crippen molar-refractivity contribution in [2.45, 2.75) is 44.6 Å². The molecule has 1 aromatic rings. The van der Waals surface area contributed by atoms with Gasteiger partial charge in [0.15, 0.2) is 5.78 Å². The number of halogens is 1. The van der Waals surface area contributed by atoms with E-state index in [-0.39, 0.29) is 30.6 Å². The number of benzene rings is 1. The Morgan fingerprint density at radius 1 is 1.14 bits per heavy atom. The van der Waals surface area contributed by atoms with Crippen molar-refractivity contribution in [2.24, 2.45) is 11.7 Å². The zero-order chi connectivity index (χ0) is 15.9. The maximum atomic E-state index is 12.0. The second kappa shape index (κ2) is 8.30. The van der Waals surface area contributed by atoms with Crippen LogP contribution < -0.4 is 11.1 Å². The van der Waals surface area contributed by atoms with Gasteiger partial charge in [-0.2, -0.15) is 0 Å². The van der Waals surface area contributed by atoms with Crippen molar-refractivity contribution in [3.8, 4) is 0 Å². The van der Waals surface area contributed by atoms with Crippen molar-refractivity contribution >= 4 is 23.3 Å². The van der Waals surface area contributed by atoms with Crippen LogP contribution in [-0.4, -0.2) is 24.3 Å². The summed E-state index contributed by atoms with van der Waals surface area (Å²) in [5, 5.41) is 3.64. The van der Waals surface area contributed by atoms with Crippen LogP contribution in [0.4, 0.5) is 0 Å². The van der Waals surface area contributed by atoms with E-state index in [1.807, 2.05) is 0 Å². The van der Waals surface area contributed by atoms with E-state index in [4.69, 9.17) is 17.3 Å². The molecule has 1 amide bonds. The first-order chi connectivity index (χ1) is 10.6. The van der Waals surface area contributed by atoms with Crippen LogP contribution in [0.25, 0.3) is 0 Å². The number of carbonyl (C=O) groups is 2. The van der Waals surface area contributed by atoms with Crippen LogP contribution in [-0.2, 0) is 4.79 Å². The van der Waals surface area contributed by atoms with Crippen LogP contribution in [0.1, 0.15) is 48.9 Å². The van der Waals surface area contributed by atoms with E-state index < -0.39 is 0 Å². The summed E-state index contributed by atoms with van der Waals surface area (Å²) in [6.45, 7) is 0.606. The molecular formula is C17H23ClN2O2. The summed E-state index contributed by atoms with van der Waals surface area (Å²) >= 11 is 5.79. The van der Waals surface area contributed by atoms with Crippen molar-refractivity contribution in [1.29, 1.82) is 0 Å². The maximum absolute atomic E-state index is 12.0. The summed E-state index contributed by atoms with van der Waals surface area (Å²) in [6.07, 6.45) is 4.81. The molecule has 0 heterocycles. The fourth-order valence-electron chi connectivity index (χ4n) is 2.97. The van der Waals surface area contributed by atoms with Gasteiger partial charge in [-0.25, -0.2) is 0 Å². The molecule has 2 unspecified atom stereocenters. The third kappa shape index (κ3) is 4.82. The van der Waals surface area contributed by atoms with Crippen LogP contribution in [0.3, 0.4) is 0 Å². The highest BCUT2D eigenvalue weighted by atomic mass is 35.5. The number of nitrogens with two attached hydrogens (primary N) is 1. The highest BCUT2D eigenvalue weighted by Gasteiger charge is 2.25. The zero-order valence-electron chi connectivity index (χ0n) is 12.7. The first kappa shape index (κ1) is 17.0. The highest BCUT2D eigenvalue weighted by Crippen LogP contribution is 2.23. The van der Waals surface area contributed by atoms with Gasteiger partial charge in [0, 0.05) is 29.5 Å². The van der Waals surface area contributed by atoms with Gasteiger partial charge in [0.1, 0.15) is 0 Å². The molecule has 0 saturated heterocycles. The minimum atomic E-state index is -0.0623. The summed E-state index contributed by atoms with van der Waals surface area (Å²) in [4.78, 5) is 24.1. The molecule has 1 saturated carbocycles. The molecule has 3 N–H and O–H groups in total. The summed E-state index contributed by atoms with van der Waals surface area (Å²) in [7, 11) is 0. The monoisotopic (exact) mass is 322 g/mol. The molecule has 4 nitrogen and oxygen atoms in total. The first-order valence-corrected chi connectivity index (χ1v) is 8.26. The van der Waals surface area contributed by atoms with E-state index in [1.165, 1.54) is 6.42 Å². The standard InChI is InChI=1S/C17H23ClN2O2/c18-14-7-5-12(6-8-14)16(21)9-10-17(22)20-15-4-2-1-3-13(15)11-19/h5-8,13,15H,1-4,9-11,19H2,(H,20,22). The number of carbonyl (C=O) groups excluding carboxylic acids is 2. The Labute approximate surface area is 136 Å². The average molecular weight is 323 g/mol. The highest BCUT2D eigenvalue weighted by molar-refractivity contribution is 6.30. The SMILES string of the molecule is NCC1CCCCC1NC(=O)CCC(=O)c1ccc(Cl)cc1. The minimum absolute atomic E-state index is 0.0363. The van der Waals surface area contributed by atoms with Gasteiger partial charge in [-0.3, -0.25) is 9.59 Å². The van der Waals surface area contributed by atoms with E-state index in [0.29, 0.717) is 23.0 Å². The van der Waals surface area contributed by atoms with Crippen molar-refractivity contribution in [3.05, 3.63) is 34.9 Å². The fourth-order valence-corrected chi connectivity index (χ4v) is 3.09. The lowest BCUT2D eigenvalue weighted by Crippen LogP contribution is -2.44. The van der Waals surface area contributed by atoms with Crippen molar-refractivity contribution in [1.82, 2.24) is 5.32 Å². The third-order valence-electron chi connectivity index (χ3n) is 4.30. The molecule has 2 rings (SSSR count). The number of hydrogen-bond acceptors (Lipinski definition) is 3. The van der Waals surface area contributed by atoms with Gasteiger partial charge in [0.2, 0.25) is 5.91 Å². The van der Waals surface area contributed by atoms with Crippen molar-refractivity contribution in [2.75, 3.05) is 6.54 Å². The third-order valence-corrected chi connectivity index (χ3v) is 4.56. The average Bonchev–Trinajstić information content (AvgIpc) is 2.54. The first-order valence-electron chi connectivity index (χ1n) is 7.88.